The SMILES string of the molecule is COC(C)(C)C[C@H](C)NC(=O)Nc1cccc(-c2ncc(C)o2)c1. The van der Waals surface area contributed by atoms with Gasteiger partial charge in [-0.25, -0.2) is 9.78 Å². The maximum atomic E-state index is 12.1. The van der Waals surface area contributed by atoms with Gasteiger partial charge in [-0.15, -0.1) is 0 Å². The van der Waals surface area contributed by atoms with Crippen molar-refractivity contribution in [3.63, 3.8) is 0 Å². The standard InChI is InChI=1S/C18H25N3O3/c1-12(10-18(3,4)23-5)20-17(22)21-15-8-6-7-14(9-15)16-19-11-13(2)24-16/h6-9,11-12H,10H2,1-5H3,(H2,20,21,22)/t12-/m0/s1. The van der Waals surface area contributed by atoms with Gasteiger partial charge in [0, 0.05) is 24.4 Å². The van der Waals surface area contributed by atoms with Gasteiger partial charge in [-0.3, -0.25) is 0 Å². The summed E-state index contributed by atoms with van der Waals surface area (Å²) in [6.45, 7) is 7.77. The number of oxazole rings is 1. The summed E-state index contributed by atoms with van der Waals surface area (Å²) < 4.78 is 10.9. The van der Waals surface area contributed by atoms with Gasteiger partial charge in [-0.05, 0) is 52.3 Å². The molecule has 2 N–H and O–H groups in total. The maximum absolute atomic E-state index is 12.1. The number of urea groups is 1. The molecule has 24 heavy (non-hydrogen) atoms. The Kier molecular flexibility index (Phi) is 5.62. The lowest BCUT2D eigenvalue weighted by Gasteiger charge is -2.27. The predicted octanol–water partition coefficient (Wildman–Crippen LogP) is 3.98. The van der Waals surface area contributed by atoms with E-state index in [1.807, 2.05) is 52.0 Å². The van der Waals surface area contributed by atoms with Crippen LogP contribution in [0.25, 0.3) is 11.5 Å². The fourth-order valence-corrected chi connectivity index (χ4v) is 2.48. The zero-order valence-electron chi connectivity index (χ0n) is 14.8. The first-order valence-electron chi connectivity index (χ1n) is 7.94. The molecule has 1 aromatic carbocycles. The lowest BCUT2D eigenvalue weighted by atomic mass is 10.00. The van der Waals surface area contributed by atoms with Crippen molar-refractivity contribution >= 4 is 11.7 Å². The molecule has 0 bridgehead atoms. The van der Waals surface area contributed by atoms with Gasteiger partial charge >= 0.3 is 6.03 Å². The Morgan fingerprint density at radius 1 is 1.42 bits per heavy atom. The van der Waals surface area contributed by atoms with Crippen LogP contribution >= 0.6 is 0 Å². The first kappa shape index (κ1) is 18.0. The third kappa shape index (κ3) is 5.09. The third-order valence-electron chi connectivity index (χ3n) is 3.72. The number of carbonyl (C=O) groups is 1. The minimum absolute atomic E-state index is 0.0162. The van der Waals surface area contributed by atoms with Crippen molar-refractivity contribution in [2.24, 2.45) is 0 Å². The molecule has 0 unspecified atom stereocenters. The van der Waals surface area contributed by atoms with Crippen LogP contribution in [0, 0.1) is 6.92 Å². The molecule has 0 aliphatic carbocycles. The number of ether oxygens (including phenoxy) is 1. The van der Waals surface area contributed by atoms with E-state index in [-0.39, 0.29) is 17.7 Å². The third-order valence-corrected chi connectivity index (χ3v) is 3.72. The average molecular weight is 331 g/mol. The fraction of sp³-hybridized carbons (Fsp3) is 0.444. The molecule has 0 spiro atoms. The average Bonchev–Trinajstić information content (AvgIpc) is 2.93. The van der Waals surface area contributed by atoms with Crippen LogP contribution in [-0.4, -0.2) is 29.8 Å². The number of aromatic nitrogens is 1. The minimum atomic E-state index is -0.282. The van der Waals surface area contributed by atoms with Gasteiger partial charge in [-0.1, -0.05) is 6.07 Å². The van der Waals surface area contributed by atoms with Crippen molar-refractivity contribution in [3.8, 4) is 11.5 Å². The van der Waals surface area contributed by atoms with E-state index >= 15 is 0 Å². The maximum Gasteiger partial charge on any atom is 0.319 e. The van der Waals surface area contributed by atoms with Gasteiger partial charge in [0.2, 0.25) is 5.89 Å². The molecule has 0 saturated heterocycles. The van der Waals surface area contributed by atoms with Crippen LogP contribution in [-0.2, 0) is 4.74 Å². The van der Waals surface area contributed by atoms with Crippen LogP contribution in [0.2, 0.25) is 0 Å². The number of anilines is 1. The number of amides is 2. The smallest absolute Gasteiger partial charge is 0.319 e. The van der Waals surface area contributed by atoms with Gasteiger partial charge in [0.1, 0.15) is 5.76 Å². The monoisotopic (exact) mass is 331 g/mol. The molecule has 6 nitrogen and oxygen atoms in total. The number of methoxy groups -OCH3 is 1. The van der Waals surface area contributed by atoms with Crippen molar-refractivity contribution in [2.75, 3.05) is 12.4 Å². The van der Waals surface area contributed by atoms with Crippen molar-refractivity contribution in [1.29, 1.82) is 0 Å². The van der Waals surface area contributed by atoms with E-state index in [9.17, 15) is 4.79 Å². The Morgan fingerprint density at radius 3 is 2.79 bits per heavy atom. The summed E-state index contributed by atoms with van der Waals surface area (Å²) in [5, 5.41) is 5.75. The summed E-state index contributed by atoms with van der Waals surface area (Å²) in [4.78, 5) is 16.3. The fourth-order valence-electron chi connectivity index (χ4n) is 2.48. The lowest BCUT2D eigenvalue weighted by Crippen LogP contribution is -2.40. The molecule has 130 valence electrons. The second kappa shape index (κ2) is 7.49. The molecule has 6 heteroatoms. The van der Waals surface area contributed by atoms with Crippen LogP contribution in [0.15, 0.2) is 34.9 Å². The van der Waals surface area contributed by atoms with Gasteiger partial charge in [0.15, 0.2) is 0 Å². The number of aryl methyl sites for hydroxylation is 1. The van der Waals surface area contributed by atoms with Gasteiger partial charge < -0.3 is 19.8 Å². The molecule has 2 rings (SSSR count). The molecule has 2 aromatic rings. The van der Waals surface area contributed by atoms with Gasteiger partial charge in [0.05, 0.1) is 11.8 Å². The molecule has 0 aliphatic heterocycles. The predicted molar refractivity (Wildman–Crippen MR) is 94.0 cm³/mol. The molecular weight excluding hydrogens is 306 g/mol. The van der Waals surface area contributed by atoms with Gasteiger partial charge in [0.25, 0.3) is 0 Å². The van der Waals surface area contributed by atoms with Crippen molar-refractivity contribution in [3.05, 3.63) is 36.2 Å². The minimum Gasteiger partial charge on any atom is -0.441 e. The van der Waals surface area contributed by atoms with E-state index in [0.717, 1.165) is 11.3 Å². The van der Waals surface area contributed by atoms with Crippen LogP contribution in [0.4, 0.5) is 10.5 Å². The van der Waals surface area contributed by atoms with Crippen LogP contribution < -0.4 is 10.6 Å². The van der Waals surface area contributed by atoms with E-state index in [1.54, 1.807) is 13.3 Å². The highest BCUT2D eigenvalue weighted by Crippen LogP contribution is 2.22. The summed E-state index contributed by atoms with van der Waals surface area (Å²) in [5.74, 6) is 1.28. The lowest BCUT2D eigenvalue weighted by molar-refractivity contribution is 0.00963. The summed E-state index contributed by atoms with van der Waals surface area (Å²) in [6.07, 6.45) is 2.38. The first-order valence-corrected chi connectivity index (χ1v) is 7.94. The second-order valence-electron chi connectivity index (χ2n) is 6.52. The Balaban J connectivity index is 1.97. The summed E-state index contributed by atoms with van der Waals surface area (Å²) in [5.41, 5.74) is 1.21. The van der Waals surface area contributed by atoms with Crippen LogP contribution in [0.3, 0.4) is 0 Å². The second-order valence-corrected chi connectivity index (χ2v) is 6.52. The molecule has 1 aromatic heterocycles. The van der Waals surface area contributed by atoms with E-state index in [0.29, 0.717) is 18.0 Å². The number of benzene rings is 1. The van der Waals surface area contributed by atoms with E-state index in [4.69, 9.17) is 9.15 Å². The van der Waals surface area contributed by atoms with Crippen LogP contribution in [0.5, 0.6) is 0 Å². The molecule has 1 atom stereocenters. The number of hydrogen-bond acceptors (Lipinski definition) is 4. The summed E-state index contributed by atoms with van der Waals surface area (Å²) in [7, 11) is 1.67. The highest BCUT2D eigenvalue weighted by Gasteiger charge is 2.21. The normalized spacial score (nSPS) is 12.7. The Morgan fingerprint density at radius 2 is 2.17 bits per heavy atom. The molecule has 0 fully saturated rings. The summed E-state index contributed by atoms with van der Waals surface area (Å²) in [6, 6.07) is 7.12. The molecule has 0 aliphatic rings. The Labute approximate surface area is 142 Å². The van der Waals surface area contributed by atoms with Crippen molar-refractivity contribution < 1.29 is 13.9 Å². The summed E-state index contributed by atoms with van der Waals surface area (Å²) >= 11 is 0. The topological polar surface area (TPSA) is 76.4 Å². The number of hydrogen-bond donors (Lipinski definition) is 2. The number of nitrogens with one attached hydrogen (secondary N) is 2. The molecular formula is C18H25N3O3. The molecule has 2 amide bonds. The highest BCUT2D eigenvalue weighted by atomic mass is 16.5. The van der Waals surface area contributed by atoms with E-state index in [2.05, 4.69) is 15.6 Å². The number of carbonyl (C=O) groups excluding carboxylic acids is 1. The Hall–Kier alpha value is -2.34. The first-order chi connectivity index (χ1) is 11.3. The molecule has 0 saturated carbocycles. The quantitative estimate of drug-likeness (QED) is 0.839. The zero-order chi connectivity index (χ0) is 17.7. The highest BCUT2D eigenvalue weighted by molar-refractivity contribution is 5.90. The molecule has 1 heterocycles. The number of rotatable bonds is 6. The molecule has 0 radical (unpaired) electrons. The zero-order valence-corrected chi connectivity index (χ0v) is 14.8. The van der Waals surface area contributed by atoms with Crippen molar-refractivity contribution in [1.82, 2.24) is 10.3 Å². The Bertz CT molecular complexity index is 694. The van der Waals surface area contributed by atoms with E-state index in [1.165, 1.54) is 0 Å². The van der Waals surface area contributed by atoms with E-state index < -0.39 is 0 Å². The number of nitrogens with zero attached hydrogens (tertiary/aromatic N) is 1. The van der Waals surface area contributed by atoms with Gasteiger partial charge in [-0.2, -0.15) is 0 Å². The largest absolute Gasteiger partial charge is 0.441 e. The van der Waals surface area contributed by atoms with Crippen molar-refractivity contribution in [2.45, 2.75) is 45.8 Å². The van der Waals surface area contributed by atoms with Crippen LogP contribution in [0.1, 0.15) is 33.0 Å².